The van der Waals surface area contributed by atoms with Crippen LogP contribution in [0.5, 0.6) is 5.75 Å². The molecular weight excluding hydrogens is 214 g/mol. The van der Waals surface area contributed by atoms with Crippen LogP contribution in [0, 0.1) is 5.92 Å². The molecule has 0 aliphatic heterocycles. The Balaban J connectivity index is 2.55. The number of nitrogens with two attached hydrogens (primary N) is 1. The number of carbonyl (C=O) groups is 1. The van der Waals surface area contributed by atoms with Gasteiger partial charge in [-0.3, -0.25) is 4.79 Å². The third-order valence-corrected chi connectivity index (χ3v) is 2.64. The zero-order valence-electron chi connectivity index (χ0n) is 10.8. The highest BCUT2D eigenvalue weighted by atomic mass is 16.5. The molecule has 0 spiro atoms. The third-order valence-electron chi connectivity index (χ3n) is 2.64. The van der Waals surface area contributed by atoms with Gasteiger partial charge < -0.3 is 10.5 Å². The molecule has 3 heteroatoms. The Morgan fingerprint density at radius 2 is 1.88 bits per heavy atom. The van der Waals surface area contributed by atoms with Crippen molar-refractivity contribution in [1.82, 2.24) is 0 Å². The summed E-state index contributed by atoms with van der Waals surface area (Å²) in [6, 6.07) is 7.26. The molecule has 3 nitrogen and oxygen atoms in total. The Bertz CT molecular complexity index is 357. The van der Waals surface area contributed by atoms with E-state index in [-0.39, 0.29) is 5.78 Å². The van der Waals surface area contributed by atoms with Gasteiger partial charge in [0.05, 0.1) is 13.2 Å². The van der Waals surface area contributed by atoms with Gasteiger partial charge in [-0.15, -0.1) is 0 Å². The Labute approximate surface area is 103 Å². The highest BCUT2D eigenvalue weighted by Crippen LogP contribution is 2.13. The first-order valence-corrected chi connectivity index (χ1v) is 5.94. The predicted octanol–water partition coefficient (Wildman–Crippen LogP) is 2.18. The minimum atomic E-state index is -0.397. The summed E-state index contributed by atoms with van der Waals surface area (Å²) in [6.45, 7) is 4.05. The Kier molecular flexibility index (Phi) is 5.16. The average Bonchev–Trinajstić information content (AvgIpc) is 2.29. The van der Waals surface area contributed by atoms with E-state index < -0.39 is 6.04 Å². The minimum absolute atomic E-state index is 0.135. The van der Waals surface area contributed by atoms with Crippen LogP contribution in [0.3, 0.4) is 0 Å². The smallest absolute Gasteiger partial charge is 0.150 e. The summed E-state index contributed by atoms with van der Waals surface area (Å²) in [6.07, 6.45) is 1.15. The van der Waals surface area contributed by atoms with Crippen molar-refractivity contribution in [1.29, 1.82) is 0 Å². The van der Waals surface area contributed by atoms with Gasteiger partial charge in [0.25, 0.3) is 0 Å². The number of rotatable bonds is 6. The molecule has 1 unspecified atom stereocenters. The van der Waals surface area contributed by atoms with E-state index in [1.807, 2.05) is 38.1 Å². The average molecular weight is 235 g/mol. The number of carbonyl (C=O) groups excluding carboxylic acids is 1. The quantitative estimate of drug-likeness (QED) is 0.822. The van der Waals surface area contributed by atoms with Crippen LogP contribution < -0.4 is 10.5 Å². The Morgan fingerprint density at radius 1 is 1.29 bits per heavy atom. The van der Waals surface area contributed by atoms with Crippen LogP contribution >= 0.6 is 0 Å². The lowest BCUT2D eigenvalue weighted by atomic mass is 9.97. The lowest BCUT2D eigenvalue weighted by Gasteiger charge is -2.12. The lowest BCUT2D eigenvalue weighted by Crippen LogP contribution is -2.33. The first-order valence-electron chi connectivity index (χ1n) is 5.94. The first-order chi connectivity index (χ1) is 8.02. The second-order valence-corrected chi connectivity index (χ2v) is 4.72. The third kappa shape index (κ3) is 4.57. The van der Waals surface area contributed by atoms with Crippen LogP contribution in [0.4, 0.5) is 0 Å². The minimum Gasteiger partial charge on any atom is -0.497 e. The molecule has 0 aliphatic rings. The molecular formula is C14H21NO2. The largest absolute Gasteiger partial charge is 0.497 e. The number of ether oxygens (including phenoxy) is 1. The molecule has 2 N–H and O–H groups in total. The van der Waals surface area contributed by atoms with E-state index in [9.17, 15) is 4.79 Å². The summed E-state index contributed by atoms with van der Waals surface area (Å²) >= 11 is 0. The number of hydrogen-bond donors (Lipinski definition) is 1. The maximum atomic E-state index is 11.7. The van der Waals surface area contributed by atoms with Crippen molar-refractivity contribution in [2.45, 2.75) is 32.7 Å². The van der Waals surface area contributed by atoms with Gasteiger partial charge in [-0.25, -0.2) is 0 Å². The molecule has 1 aromatic rings. The molecule has 1 aromatic carbocycles. The van der Waals surface area contributed by atoms with Crippen LogP contribution in [0.1, 0.15) is 25.8 Å². The van der Waals surface area contributed by atoms with Gasteiger partial charge in [-0.1, -0.05) is 26.0 Å². The maximum absolute atomic E-state index is 11.7. The molecule has 0 radical (unpaired) electrons. The number of benzene rings is 1. The Hall–Kier alpha value is -1.35. The molecule has 0 fully saturated rings. The van der Waals surface area contributed by atoms with Crippen LogP contribution in [0.15, 0.2) is 24.3 Å². The molecule has 0 amide bonds. The van der Waals surface area contributed by atoms with Crippen molar-refractivity contribution in [3.63, 3.8) is 0 Å². The number of hydrogen-bond acceptors (Lipinski definition) is 3. The summed E-state index contributed by atoms with van der Waals surface area (Å²) in [7, 11) is 1.63. The van der Waals surface area contributed by atoms with Gasteiger partial charge in [0.15, 0.2) is 0 Å². The fraction of sp³-hybridized carbons (Fsp3) is 0.500. The van der Waals surface area contributed by atoms with Crippen LogP contribution in [-0.4, -0.2) is 18.9 Å². The summed E-state index contributed by atoms with van der Waals surface area (Å²) in [5.74, 6) is 1.32. The van der Waals surface area contributed by atoms with E-state index >= 15 is 0 Å². The molecule has 0 saturated carbocycles. The SMILES string of the molecule is COc1ccc(CC(N)C(=O)CC(C)C)cc1. The van der Waals surface area contributed by atoms with Gasteiger partial charge in [0.1, 0.15) is 11.5 Å². The zero-order chi connectivity index (χ0) is 12.8. The van der Waals surface area contributed by atoms with Gasteiger partial charge >= 0.3 is 0 Å². The monoisotopic (exact) mass is 235 g/mol. The van der Waals surface area contributed by atoms with Crippen molar-refractivity contribution >= 4 is 5.78 Å². The van der Waals surface area contributed by atoms with Crippen molar-refractivity contribution in [3.8, 4) is 5.75 Å². The predicted molar refractivity (Wildman–Crippen MR) is 69.1 cm³/mol. The first kappa shape index (κ1) is 13.7. The highest BCUT2D eigenvalue weighted by Gasteiger charge is 2.15. The zero-order valence-corrected chi connectivity index (χ0v) is 10.8. The maximum Gasteiger partial charge on any atom is 0.150 e. The molecule has 94 valence electrons. The van der Waals surface area contributed by atoms with E-state index in [2.05, 4.69) is 0 Å². The van der Waals surface area contributed by atoms with Crippen LogP contribution in [0.25, 0.3) is 0 Å². The molecule has 1 atom stereocenters. The van der Waals surface area contributed by atoms with Crippen molar-refractivity contribution in [3.05, 3.63) is 29.8 Å². The van der Waals surface area contributed by atoms with Gasteiger partial charge in [-0.2, -0.15) is 0 Å². The Morgan fingerprint density at radius 3 is 2.35 bits per heavy atom. The fourth-order valence-electron chi connectivity index (χ4n) is 1.68. The number of methoxy groups -OCH3 is 1. The molecule has 17 heavy (non-hydrogen) atoms. The van der Waals surface area contributed by atoms with Gasteiger partial charge in [0.2, 0.25) is 0 Å². The van der Waals surface area contributed by atoms with E-state index in [0.717, 1.165) is 11.3 Å². The molecule has 1 rings (SSSR count). The van der Waals surface area contributed by atoms with E-state index in [0.29, 0.717) is 18.8 Å². The van der Waals surface area contributed by atoms with Crippen molar-refractivity contribution in [2.75, 3.05) is 7.11 Å². The second-order valence-electron chi connectivity index (χ2n) is 4.72. The molecule has 0 bridgehead atoms. The van der Waals surface area contributed by atoms with E-state index in [4.69, 9.17) is 10.5 Å². The van der Waals surface area contributed by atoms with Gasteiger partial charge in [-0.05, 0) is 30.0 Å². The molecule has 0 aliphatic carbocycles. The van der Waals surface area contributed by atoms with E-state index in [1.165, 1.54) is 0 Å². The number of ketones is 1. The summed E-state index contributed by atoms with van der Waals surface area (Å²) in [4.78, 5) is 11.7. The highest BCUT2D eigenvalue weighted by molar-refractivity contribution is 5.84. The molecule has 0 heterocycles. The number of Topliss-reactive ketones (excluding diaryl/α,β-unsaturated/α-hetero) is 1. The summed E-state index contributed by atoms with van der Waals surface area (Å²) in [5, 5.41) is 0. The molecule has 0 saturated heterocycles. The van der Waals surface area contributed by atoms with Crippen molar-refractivity contribution < 1.29 is 9.53 Å². The van der Waals surface area contributed by atoms with Gasteiger partial charge in [0, 0.05) is 6.42 Å². The van der Waals surface area contributed by atoms with Crippen LogP contribution in [0.2, 0.25) is 0 Å². The van der Waals surface area contributed by atoms with Crippen LogP contribution in [-0.2, 0) is 11.2 Å². The standard InChI is InChI=1S/C14H21NO2/c1-10(2)8-14(16)13(15)9-11-4-6-12(17-3)7-5-11/h4-7,10,13H,8-9,15H2,1-3H3. The summed E-state index contributed by atoms with van der Waals surface area (Å²) < 4.78 is 5.08. The topological polar surface area (TPSA) is 52.3 Å². The second kappa shape index (κ2) is 6.40. The van der Waals surface area contributed by atoms with E-state index in [1.54, 1.807) is 7.11 Å². The summed E-state index contributed by atoms with van der Waals surface area (Å²) in [5.41, 5.74) is 6.95. The normalized spacial score (nSPS) is 12.5. The van der Waals surface area contributed by atoms with Crippen molar-refractivity contribution in [2.24, 2.45) is 11.7 Å². The molecule has 0 aromatic heterocycles. The fourth-order valence-corrected chi connectivity index (χ4v) is 1.68. The lowest BCUT2D eigenvalue weighted by molar-refractivity contribution is -0.120.